The standard InChI is InChI=1S/C21H14O2/c22-21(23-20-12-5-2-6-13-20)19-11-7-10-18(16-19)15-14-17-8-3-1-4-9-17/h1-13,16H. The molecule has 0 saturated heterocycles. The normalized spacial score (nSPS) is 9.57. The summed E-state index contributed by atoms with van der Waals surface area (Å²) in [5.74, 6) is 6.27. The van der Waals surface area contributed by atoms with Crippen molar-refractivity contribution in [1.82, 2.24) is 0 Å². The van der Waals surface area contributed by atoms with E-state index < -0.39 is 0 Å². The maximum Gasteiger partial charge on any atom is 0.343 e. The SMILES string of the molecule is O=C(Oc1ccccc1)c1cccc(C#Cc2ccccc2)c1. The van der Waals surface area contributed by atoms with E-state index in [1.807, 2.05) is 54.6 Å². The molecule has 3 rings (SSSR count). The van der Waals surface area contributed by atoms with E-state index in [4.69, 9.17) is 4.74 Å². The molecule has 23 heavy (non-hydrogen) atoms. The Bertz CT molecular complexity index is 856. The molecule has 0 atom stereocenters. The number of rotatable bonds is 2. The fraction of sp³-hybridized carbons (Fsp3) is 0. The Kier molecular flexibility index (Phi) is 4.52. The van der Waals surface area contributed by atoms with Gasteiger partial charge in [-0.1, -0.05) is 54.3 Å². The van der Waals surface area contributed by atoms with Crippen molar-refractivity contribution in [3.8, 4) is 17.6 Å². The smallest absolute Gasteiger partial charge is 0.343 e. The summed E-state index contributed by atoms with van der Waals surface area (Å²) in [5, 5.41) is 0. The monoisotopic (exact) mass is 298 g/mol. The van der Waals surface area contributed by atoms with E-state index in [2.05, 4.69) is 11.8 Å². The minimum atomic E-state index is -0.389. The highest BCUT2D eigenvalue weighted by Gasteiger charge is 2.08. The van der Waals surface area contributed by atoms with E-state index >= 15 is 0 Å². The van der Waals surface area contributed by atoms with Gasteiger partial charge in [0.2, 0.25) is 0 Å². The molecule has 0 fully saturated rings. The van der Waals surface area contributed by atoms with Gasteiger partial charge in [0.15, 0.2) is 0 Å². The zero-order chi connectivity index (χ0) is 15.9. The zero-order valence-electron chi connectivity index (χ0n) is 12.4. The van der Waals surface area contributed by atoms with Crippen molar-refractivity contribution in [3.63, 3.8) is 0 Å². The van der Waals surface area contributed by atoms with Gasteiger partial charge < -0.3 is 4.74 Å². The van der Waals surface area contributed by atoms with Crippen molar-refractivity contribution >= 4 is 5.97 Å². The Balaban J connectivity index is 1.77. The fourth-order valence-electron chi connectivity index (χ4n) is 2.04. The van der Waals surface area contributed by atoms with Crippen LogP contribution in [-0.4, -0.2) is 5.97 Å². The van der Waals surface area contributed by atoms with Crippen LogP contribution in [0, 0.1) is 11.8 Å². The summed E-state index contributed by atoms with van der Waals surface area (Å²) < 4.78 is 5.33. The maximum absolute atomic E-state index is 12.2. The highest BCUT2D eigenvalue weighted by Crippen LogP contribution is 2.12. The molecule has 0 aliphatic carbocycles. The summed E-state index contributed by atoms with van der Waals surface area (Å²) >= 11 is 0. The van der Waals surface area contributed by atoms with Crippen molar-refractivity contribution < 1.29 is 9.53 Å². The van der Waals surface area contributed by atoms with Gasteiger partial charge in [0, 0.05) is 11.1 Å². The topological polar surface area (TPSA) is 26.3 Å². The highest BCUT2D eigenvalue weighted by molar-refractivity contribution is 5.91. The molecule has 0 radical (unpaired) electrons. The number of para-hydroxylation sites is 1. The number of ether oxygens (including phenoxy) is 1. The molecule has 3 aromatic rings. The first-order valence-corrected chi connectivity index (χ1v) is 7.26. The Morgan fingerprint density at radius 2 is 1.30 bits per heavy atom. The maximum atomic E-state index is 12.2. The van der Waals surface area contributed by atoms with Gasteiger partial charge in [-0.2, -0.15) is 0 Å². The number of hydrogen-bond acceptors (Lipinski definition) is 2. The van der Waals surface area contributed by atoms with Crippen molar-refractivity contribution in [3.05, 3.63) is 102 Å². The van der Waals surface area contributed by atoms with Gasteiger partial charge in [-0.3, -0.25) is 0 Å². The molecule has 0 aliphatic heterocycles. The minimum absolute atomic E-state index is 0.389. The lowest BCUT2D eigenvalue weighted by Crippen LogP contribution is -2.08. The average Bonchev–Trinajstić information content (AvgIpc) is 2.62. The van der Waals surface area contributed by atoms with Crippen molar-refractivity contribution in [2.75, 3.05) is 0 Å². The molecule has 0 amide bonds. The van der Waals surface area contributed by atoms with E-state index in [-0.39, 0.29) is 5.97 Å². The van der Waals surface area contributed by atoms with Crippen molar-refractivity contribution in [2.24, 2.45) is 0 Å². The molecule has 0 aromatic heterocycles. The second-order valence-electron chi connectivity index (χ2n) is 4.90. The summed E-state index contributed by atoms with van der Waals surface area (Å²) in [5.41, 5.74) is 2.19. The van der Waals surface area contributed by atoms with Crippen LogP contribution in [0.5, 0.6) is 5.75 Å². The summed E-state index contributed by atoms with van der Waals surface area (Å²) in [7, 11) is 0. The van der Waals surface area contributed by atoms with E-state index in [1.165, 1.54) is 0 Å². The molecule has 3 aromatic carbocycles. The van der Waals surface area contributed by atoms with Crippen LogP contribution in [0.25, 0.3) is 0 Å². The average molecular weight is 298 g/mol. The summed E-state index contributed by atoms with van der Waals surface area (Å²) in [6, 6.07) is 25.9. The molecule has 0 saturated carbocycles. The van der Waals surface area contributed by atoms with E-state index in [1.54, 1.807) is 30.3 Å². The zero-order valence-corrected chi connectivity index (χ0v) is 12.4. The molecule has 0 aliphatic rings. The van der Waals surface area contributed by atoms with Crippen LogP contribution >= 0.6 is 0 Å². The lowest BCUT2D eigenvalue weighted by atomic mass is 10.1. The van der Waals surface area contributed by atoms with Crippen LogP contribution in [0.1, 0.15) is 21.5 Å². The Hall–Kier alpha value is -3.31. The second kappa shape index (κ2) is 7.11. The van der Waals surface area contributed by atoms with Gasteiger partial charge in [0.1, 0.15) is 5.75 Å². The molecule has 2 nitrogen and oxygen atoms in total. The minimum Gasteiger partial charge on any atom is -0.423 e. The summed E-state index contributed by atoms with van der Waals surface area (Å²) in [4.78, 5) is 12.2. The second-order valence-corrected chi connectivity index (χ2v) is 4.90. The number of esters is 1. The van der Waals surface area contributed by atoms with Gasteiger partial charge in [0.05, 0.1) is 5.56 Å². The molecular weight excluding hydrogens is 284 g/mol. The van der Waals surface area contributed by atoms with Gasteiger partial charge >= 0.3 is 5.97 Å². The third kappa shape index (κ3) is 4.09. The van der Waals surface area contributed by atoms with E-state index in [0.29, 0.717) is 11.3 Å². The molecule has 0 unspecified atom stereocenters. The van der Waals surface area contributed by atoms with Crippen LogP contribution in [0.4, 0.5) is 0 Å². The van der Waals surface area contributed by atoms with Crippen molar-refractivity contribution in [1.29, 1.82) is 0 Å². The van der Waals surface area contributed by atoms with Gasteiger partial charge in [0.25, 0.3) is 0 Å². The Labute approximate surface area is 135 Å². The van der Waals surface area contributed by atoms with E-state index in [9.17, 15) is 4.79 Å². The predicted molar refractivity (Wildman–Crippen MR) is 90.3 cm³/mol. The van der Waals surface area contributed by atoms with Gasteiger partial charge in [-0.05, 0) is 42.5 Å². The quantitative estimate of drug-likeness (QED) is 0.400. The summed E-state index contributed by atoms with van der Waals surface area (Å²) in [6.45, 7) is 0. The molecule has 0 heterocycles. The third-order valence-electron chi connectivity index (χ3n) is 3.18. The molecule has 2 heteroatoms. The summed E-state index contributed by atoms with van der Waals surface area (Å²) in [6.07, 6.45) is 0. The molecular formula is C21H14O2. The van der Waals surface area contributed by atoms with Crippen molar-refractivity contribution in [2.45, 2.75) is 0 Å². The largest absolute Gasteiger partial charge is 0.423 e. The number of carbonyl (C=O) groups excluding carboxylic acids is 1. The number of hydrogen-bond donors (Lipinski definition) is 0. The van der Waals surface area contributed by atoms with Crippen LogP contribution in [0.2, 0.25) is 0 Å². The predicted octanol–water partition coefficient (Wildman–Crippen LogP) is 4.31. The van der Waals surface area contributed by atoms with Crippen LogP contribution < -0.4 is 4.74 Å². The number of benzene rings is 3. The first-order valence-electron chi connectivity index (χ1n) is 7.26. The Morgan fingerprint density at radius 1 is 0.696 bits per heavy atom. The molecule has 0 bridgehead atoms. The third-order valence-corrected chi connectivity index (χ3v) is 3.18. The van der Waals surface area contributed by atoms with Crippen LogP contribution in [-0.2, 0) is 0 Å². The molecule has 0 spiro atoms. The lowest BCUT2D eigenvalue weighted by molar-refractivity contribution is 0.0734. The number of carbonyl (C=O) groups is 1. The van der Waals surface area contributed by atoms with Crippen LogP contribution in [0.15, 0.2) is 84.9 Å². The van der Waals surface area contributed by atoms with E-state index in [0.717, 1.165) is 11.1 Å². The highest BCUT2D eigenvalue weighted by atomic mass is 16.5. The van der Waals surface area contributed by atoms with Crippen LogP contribution in [0.3, 0.4) is 0 Å². The van der Waals surface area contributed by atoms with Gasteiger partial charge in [-0.25, -0.2) is 4.79 Å². The Morgan fingerprint density at radius 3 is 2.04 bits per heavy atom. The fourth-order valence-corrected chi connectivity index (χ4v) is 2.04. The first-order chi connectivity index (χ1) is 11.3. The lowest BCUT2D eigenvalue weighted by Gasteiger charge is -2.04. The van der Waals surface area contributed by atoms with Gasteiger partial charge in [-0.15, -0.1) is 0 Å². The molecule has 110 valence electrons. The molecule has 0 N–H and O–H groups in total. The first kappa shape index (κ1) is 14.6.